The number of rotatable bonds is 6. The molecule has 6 rings (SSSR count). The van der Waals surface area contributed by atoms with Gasteiger partial charge in [-0.15, -0.1) is 12.8 Å². The van der Waals surface area contributed by atoms with Crippen molar-refractivity contribution in [3.8, 4) is 24.7 Å². The number of hydrogen-bond acceptors (Lipinski definition) is 4. The zero-order chi connectivity index (χ0) is 31.1. The zero-order valence-electron chi connectivity index (χ0n) is 22.8. The summed E-state index contributed by atoms with van der Waals surface area (Å²) in [6.45, 7) is 0. The average molecular weight is 577 g/mol. The summed E-state index contributed by atoms with van der Waals surface area (Å²) >= 11 is 0. The van der Waals surface area contributed by atoms with Crippen LogP contribution in [0.1, 0.15) is 52.6 Å². The molecule has 0 saturated carbocycles. The lowest BCUT2D eigenvalue weighted by molar-refractivity contribution is 0.0683. The second-order valence-corrected chi connectivity index (χ2v) is 9.98. The van der Waals surface area contributed by atoms with Crippen LogP contribution >= 0.6 is 0 Å². The number of terminal acetylenes is 2. The summed E-state index contributed by atoms with van der Waals surface area (Å²) in [4.78, 5) is 50.3. The maximum absolute atomic E-state index is 13.4. The van der Waals surface area contributed by atoms with Crippen molar-refractivity contribution < 1.29 is 29.4 Å². The van der Waals surface area contributed by atoms with Crippen LogP contribution in [0.5, 0.6) is 0 Å². The minimum atomic E-state index is -1.26. The van der Waals surface area contributed by atoms with Crippen LogP contribution in [0.25, 0.3) is 32.3 Å². The minimum Gasteiger partial charge on any atom is -0.478 e. The number of carbonyl (C=O) groups is 4. The van der Waals surface area contributed by atoms with E-state index in [0.717, 1.165) is 21.5 Å². The highest BCUT2D eigenvalue weighted by Gasteiger charge is 2.21. The van der Waals surface area contributed by atoms with Gasteiger partial charge in [0.05, 0.1) is 22.3 Å². The number of nitrogens with one attached hydrogen (secondary N) is 2. The molecule has 0 fully saturated rings. The van der Waals surface area contributed by atoms with Crippen molar-refractivity contribution in [2.24, 2.45) is 0 Å². The molecule has 0 spiro atoms. The number of carboxylic acid groups (broad SMARTS) is 2. The van der Waals surface area contributed by atoms with Gasteiger partial charge in [-0.1, -0.05) is 48.2 Å². The van der Waals surface area contributed by atoms with Crippen molar-refractivity contribution in [2.75, 3.05) is 10.6 Å². The first kappa shape index (κ1) is 27.5. The van der Waals surface area contributed by atoms with E-state index in [-0.39, 0.29) is 22.3 Å². The molecule has 0 heterocycles. The molecular weight excluding hydrogens is 556 g/mol. The summed E-state index contributed by atoms with van der Waals surface area (Å²) in [6, 6.07) is 22.9. The number of aromatic carboxylic acids is 2. The Balaban J connectivity index is 1.45. The molecule has 8 heteroatoms. The SMILES string of the molecule is C#Cc1ccc(C(=O)O)c(C(=O)Nc2ccc3ccc4ccc(NC(=O)c5cc(C#C)ccc5C(=O)O)c5ccc2c3c45)c1. The van der Waals surface area contributed by atoms with Gasteiger partial charge in [-0.2, -0.15) is 0 Å². The molecule has 0 saturated heterocycles. The Morgan fingerprint density at radius 1 is 0.523 bits per heavy atom. The average Bonchev–Trinajstić information content (AvgIpc) is 3.04. The third-order valence-corrected chi connectivity index (χ3v) is 7.48. The molecule has 0 bridgehead atoms. The Kier molecular flexibility index (Phi) is 6.66. The fraction of sp³-hybridized carbons (Fsp3) is 0. The van der Waals surface area contributed by atoms with Crippen LogP contribution in [0.3, 0.4) is 0 Å². The topological polar surface area (TPSA) is 133 Å². The van der Waals surface area contributed by atoms with E-state index in [4.69, 9.17) is 12.8 Å². The largest absolute Gasteiger partial charge is 0.478 e. The summed E-state index contributed by atoms with van der Waals surface area (Å²) in [5.74, 6) is 1.05. The standard InChI is InChI=1S/C36H20N2O6/c1-3-19-5-11-23(35(41)42)27(17-19)33(39)37-29-15-9-21-7-8-22-10-16-30(26-14-13-25(29)31(21)32(22)26)38-34(40)28-18-20(4-2)6-12-24(28)36(43)44/h1-2,5-18H,(H,37,39)(H,38,40)(H,41,42)(H,43,44). The zero-order valence-corrected chi connectivity index (χ0v) is 22.8. The molecule has 210 valence electrons. The predicted octanol–water partition coefficient (Wildman–Crippen LogP) is 6.45. The second kappa shape index (κ2) is 10.6. The summed E-state index contributed by atoms with van der Waals surface area (Å²) in [5.41, 5.74) is 1.13. The second-order valence-electron chi connectivity index (χ2n) is 9.98. The molecule has 44 heavy (non-hydrogen) atoms. The lowest BCUT2D eigenvalue weighted by Crippen LogP contribution is -2.17. The Bertz CT molecular complexity index is 2140. The maximum Gasteiger partial charge on any atom is 0.336 e. The van der Waals surface area contributed by atoms with Crippen molar-refractivity contribution in [1.29, 1.82) is 0 Å². The van der Waals surface area contributed by atoms with E-state index >= 15 is 0 Å². The van der Waals surface area contributed by atoms with Crippen LogP contribution in [-0.2, 0) is 0 Å². The van der Waals surface area contributed by atoms with Gasteiger partial charge in [0.1, 0.15) is 0 Å². The number of carbonyl (C=O) groups excluding carboxylic acids is 2. The predicted molar refractivity (Wildman–Crippen MR) is 169 cm³/mol. The maximum atomic E-state index is 13.4. The molecule has 0 aromatic heterocycles. The summed E-state index contributed by atoms with van der Waals surface area (Å²) in [5, 5.41) is 29.7. The summed E-state index contributed by atoms with van der Waals surface area (Å²) < 4.78 is 0. The molecular formula is C36H20N2O6. The fourth-order valence-electron chi connectivity index (χ4n) is 5.42. The van der Waals surface area contributed by atoms with E-state index in [1.807, 2.05) is 24.3 Å². The summed E-state index contributed by atoms with van der Waals surface area (Å²) in [6.07, 6.45) is 11.0. The number of amides is 2. The van der Waals surface area contributed by atoms with Gasteiger partial charge in [0, 0.05) is 33.3 Å². The van der Waals surface area contributed by atoms with Gasteiger partial charge in [0.2, 0.25) is 0 Å². The van der Waals surface area contributed by atoms with Crippen LogP contribution in [0.4, 0.5) is 11.4 Å². The van der Waals surface area contributed by atoms with Crippen molar-refractivity contribution >= 4 is 67.4 Å². The molecule has 8 nitrogen and oxygen atoms in total. The van der Waals surface area contributed by atoms with Crippen LogP contribution < -0.4 is 10.6 Å². The number of benzene rings is 6. The van der Waals surface area contributed by atoms with Gasteiger partial charge in [0.25, 0.3) is 11.8 Å². The lowest BCUT2D eigenvalue weighted by atomic mass is 9.92. The van der Waals surface area contributed by atoms with Crippen LogP contribution in [0, 0.1) is 24.7 Å². The van der Waals surface area contributed by atoms with Crippen molar-refractivity contribution in [3.05, 3.63) is 118 Å². The molecule has 0 aliphatic carbocycles. The quantitative estimate of drug-likeness (QED) is 0.133. The van der Waals surface area contributed by atoms with Crippen molar-refractivity contribution in [2.45, 2.75) is 0 Å². The Labute approximate surface area is 250 Å². The van der Waals surface area contributed by atoms with E-state index < -0.39 is 23.8 Å². The smallest absolute Gasteiger partial charge is 0.336 e. The van der Waals surface area contributed by atoms with E-state index in [9.17, 15) is 29.4 Å². The van der Waals surface area contributed by atoms with E-state index in [1.54, 1.807) is 24.3 Å². The molecule has 6 aromatic rings. The van der Waals surface area contributed by atoms with Gasteiger partial charge in [0.15, 0.2) is 0 Å². The Hall–Kier alpha value is -6.64. The molecule has 0 aliphatic rings. The molecule has 0 unspecified atom stereocenters. The fourth-order valence-corrected chi connectivity index (χ4v) is 5.42. The Morgan fingerprint density at radius 3 is 1.27 bits per heavy atom. The third kappa shape index (κ3) is 4.59. The van der Waals surface area contributed by atoms with E-state index in [1.165, 1.54) is 36.4 Å². The highest BCUT2D eigenvalue weighted by Crippen LogP contribution is 2.40. The van der Waals surface area contributed by atoms with E-state index in [0.29, 0.717) is 33.3 Å². The van der Waals surface area contributed by atoms with Crippen molar-refractivity contribution in [1.82, 2.24) is 0 Å². The molecule has 4 N–H and O–H groups in total. The Morgan fingerprint density at radius 2 is 0.909 bits per heavy atom. The first-order chi connectivity index (χ1) is 21.2. The van der Waals surface area contributed by atoms with Crippen LogP contribution in [0.15, 0.2) is 84.9 Å². The number of carboxylic acids is 2. The molecule has 0 atom stereocenters. The number of anilines is 2. The first-order valence-corrected chi connectivity index (χ1v) is 13.2. The molecule has 6 aromatic carbocycles. The third-order valence-electron chi connectivity index (χ3n) is 7.48. The monoisotopic (exact) mass is 576 g/mol. The van der Waals surface area contributed by atoms with E-state index in [2.05, 4.69) is 22.5 Å². The van der Waals surface area contributed by atoms with Gasteiger partial charge in [-0.3, -0.25) is 9.59 Å². The molecule has 0 aliphatic heterocycles. The van der Waals surface area contributed by atoms with Gasteiger partial charge >= 0.3 is 11.9 Å². The molecule has 0 radical (unpaired) electrons. The number of hydrogen-bond donors (Lipinski definition) is 4. The van der Waals surface area contributed by atoms with Crippen molar-refractivity contribution in [3.63, 3.8) is 0 Å². The minimum absolute atomic E-state index is 0.0710. The van der Waals surface area contributed by atoms with Gasteiger partial charge in [-0.25, -0.2) is 9.59 Å². The lowest BCUT2D eigenvalue weighted by Gasteiger charge is -2.17. The highest BCUT2D eigenvalue weighted by atomic mass is 16.4. The highest BCUT2D eigenvalue weighted by molar-refractivity contribution is 6.29. The molecule has 2 amide bonds. The summed E-state index contributed by atoms with van der Waals surface area (Å²) in [7, 11) is 0. The first-order valence-electron chi connectivity index (χ1n) is 13.2. The van der Waals surface area contributed by atoms with Gasteiger partial charge in [-0.05, 0) is 70.1 Å². The van der Waals surface area contributed by atoms with Crippen LogP contribution in [-0.4, -0.2) is 34.0 Å². The van der Waals surface area contributed by atoms with Gasteiger partial charge < -0.3 is 20.8 Å². The normalized spacial score (nSPS) is 10.8. The van der Waals surface area contributed by atoms with Crippen LogP contribution in [0.2, 0.25) is 0 Å².